The fourth-order valence-corrected chi connectivity index (χ4v) is 10.4. The zero-order valence-corrected chi connectivity index (χ0v) is 26.0. The molecule has 3 fully saturated rings. The van der Waals surface area contributed by atoms with E-state index < -0.39 is 17.6 Å². The lowest BCUT2D eigenvalue weighted by Gasteiger charge is -2.58. The van der Waals surface area contributed by atoms with Crippen LogP contribution in [0.5, 0.6) is 5.75 Å². The number of piperidine rings is 1. The Bertz CT molecular complexity index is 1950. The van der Waals surface area contributed by atoms with Gasteiger partial charge < -0.3 is 9.64 Å². The minimum Gasteiger partial charge on any atom is -0.482 e. The number of fused-ring (bicyclic) bond motifs is 6. The molecule has 5 atom stereocenters. The Morgan fingerprint density at radius 2 is 1.76 bits per heavy atom. The molecule has 3 aliphatic heterocycles. The second-order valence-corrected chi connectivity index (χ2v) is 14.5. The van der Waals surface area contributed by atoms with Gasteiger partial charge in [-0.3, -0.25) is 19.3 Å². The minimum absolute atomic E-state index is 0.0238. The number of benzene rings is 3. The SMILES string of the molecule is O=C1c2c(OCc3ccccc3)c(=O)ccn2N(C2c3cccc(F)c3SCc3cccc(F)c32)[C@@H]2[C@H]3C[C@@H]4CC[C@@]3(CCN12)C4. The van der Waals surface area contributed by atoms with E-state index in [2.05, 4.69) is 5.01 Å². The third kappa shape index (κ3) is 4.06. The average Bonchev–Trinajstić information content (AvgIpc) is 3.59. The maximum absolute atomic E-state index is 16.3. The second-order valence-electron chi connectivity index (χ2n) is 13.5. The highest BCUT2D eigenvalue weighted by Crippen LogP contribution is 2.64. The maximum atomic E-state index is 16.3. The highest BCUT2D eigenvalue weighted by atomic mass is 32.2. The molecule has 5 aliphatic rings. The molecular formula is C37H33F2N3O3S. The zero-order valence-electron chi connectivity index (χ0n) is 25.2. The van der Waals surface area contributed by atoms with Crippen molar-refractivity contribution in [2.75, 3.05) is 11.6 Å². The zero-order chi connectivity index (χ0) is 31.2. The molecule has 1 spiro atoms. The maximum Gasteiger partial charge on any atom is 0.278 e. The van der Waals surface area contributed by atoms with Gasteiger partial charge in [0.25, 0.3) is 5.91 Å². The predicted octanol–water partition coefficient (Wildman–Crippen LogP) is 7.03. The van der Waals surface area contributed by atoms with Crippen molar-refractivity contribution in [3.63, 3.8) is 0 Å². The summed E-state index contributed by atoms with van der Waals surface area (Å²) in [6.07, 6.45) is 6.58. The number of amides is 1. The van der Waals surface area contributed by atoms with Crippen LogP contribution >= 0.6 is 11.8 Å². The van der Waals surface area contributed by atoms with Gasteiger partial charge in [0.1, 0.15) is 30.4 Å². The molecule has 0 radical (unpaired) electrons. The van der Waals surface area contributed by atoms with Crippen LogP contribution in [0.3, 0.4) is 0 Å². The predicted molar refractivity (Wildman–Crippen MR) is 171 cm³/mol. The van der Waals surface area contributed by atoms with Gasteiger partial charge in [-0.1, -0.05) is 54.6 Å². The molecular weight excluding hydrogens is 604 g/mol. The van der Waals surface area contributed by atoms with E-state index in [1.165, 1.54) is 36.4 Å². The van der Waals surface area contributed by atoms with Crippen molar-refractivity contribution in [3.8, 4) is 5.75 Å². The molecule has 46 heavy (non-hydrogen) atoms. The standard InChI is InChI=1S/C37H33F2N3O3S/c38-27-10-4-8-24-21-46-34-25(9-5-11-28(34)39)31(30(24)27)42-35-26-18-23-12-14-37(26,19-23)15-17-40(35)36(44)32-33(29(43)13-16-41(32)42)45-20-22-6-2-1-3-7-22/h1-11,13,16,23,26,31,35H,12,14-15,17-21H2/t23-,26+,31?,35+,37+/m0/s1. The Balaban J connectivity index is 1.30. The largest absolute Gasteiger partial charge is 0.482 e. The van der Waals surface area contributed by atoms with Crippen molar-refractivity contribution in [2.45, 2.75) is 61.6 Å². The van der Waals surface area contributed by atoms with Crippen LogP contribution < -0.4 is 15.2 Å². The van der Waals surface area contributed by atoms with Crippen LogP contribution in [0.4, 0.5) is 8.78 Å². The van der Waals surface area contributed by atoms with Crippen molar-refractivity contribution in [1.82, 2.24) is 9.58 Å². The van der Waals surface area contributed by atoms with Crippen LogP contribution in [0.15, 0.2) is 88.7 Å². The summed E-state index contributed by atoms with van der Waals surface area (Å²) in [6, 6.07) is 20.3. The number of aromatic nitrogens is 1. The summed E-state index contributed by atoms with van der Waals surface area (Å²) in [5, 5.41) is 2.10. The summed E-state index contributed by atoms with van der Waals surface area (Å²) < 4.78 is 39.9. The minimum atomic E-state index is -0.755. The first kappa shape index (κ1) is 28.1. The molecule has 0 N–H and O–H groups in total. The van der Waals surface area contributed by atoms with Gasteiger partial charge in [-0.15, -0.1) is 11.8 Å². The summed E-state index contributed by atoms with van der Waals surface area (Å²) in [6.45, 7) is 0.648. The Morgan fingerprint density at radius 1 is 0.935 bits per heavy atom. The van der Waals surface area contributed by atoms with Crippen LogP contribution in [-0.4, -0.2) is 28.2 Å². The summed E-state index contributed by atoms with van der Waals surface area (Å²) in [4.78, 5) is 30.5. The average molecular weight is 638 g/mol. The number of hydrogen-bond donors (Lipinski definition) is 0. The topological polar surface area (TPSA) is 54.8 Å². The molecule has 9 heteroatoms. The first-order chi connectivity index (χ1) is 22.4. The molecule has 1 amide bonds. The Kier molecular flexibility index (Phi) is 6.40. The number of thioether (sulfide) groups is 1. The van der Waals surface area contributed by atoms with E-state index in [0.29, 0.717) is 34.2 Å². The Morgan fingerprint density at radius 3 is 2.61 bits per heavy atom. The Labute approximate surface area is 269 Å². The van der Waals surface area contributed by atoms with Crippen LogP contribution in [0.1, 0.15) is 70.9 Å². The molecule has 2 bridgehead atoms. The van der Waals surface area contributed by atoms with E-state index in [1.807, 2.05) is 47.4 Å². The van der Waals surface area contributed by atoms with Crippen LogP contribution in [0, 0.1) is 28.9 Å². The molecule has 1 unspecified atom stereocenters. The van der Waals surface area contributed by atoms with Crippen molar-refractivity contribution in [3.05, 3.63) is 129 Å². The molecule has 3 aromatic carbocycles. The normalized spacial score (nSPS) is 27.3. The molecule has 1 aromatic heterocycles. The van der Waals surface area contributed by atoms with Crippen molar-refractivity contribution in [2.24, 2.45) is 17.3 Å². The lowest BCUT2D eigenvalue weighted by Crippen LogP contribution is -2.69. The smallest absolute Gasteiger partial charge is 0.278 e. The van der Waals surface area contributed by atoms with Crippen LogP contribution in [0.2, 0.25) is 0 Å². The molecule has 4 heterocycles. The highest BCUT2D eigenvalue weighted by Gasteiger charge is 2.62. The monoisotopic (exact) mass is 637 g/mol. The first-order valence-electron chi connectivity index (χ1n) is 16.1. The van der Waals surface area contributed by atoms with Gasteiger partial charge in [-0.25, -0.2) is 8.78 Å². The highest BCUT2D eigenvalue weighted by molar-refractivity contribution is 7.98. The number of ether oxygens (including phenoxy) is 1. The van der Waals surface area contributed by atoms with Crippen molar-refractivity contribution in [1.29, 1.82) is 0 Å². The van der Waals surface area contributed by atoms with E-state index in [-0.39, 0.29) is 46.9 Å². The summed E-state index contributed by atoms with van der Waals surface area (Å²) in [7, 11) is 0. The van der Waals surface area contributed by atoms with Crippen molar-refractivity contribution >= 4 is 17.7 Å². The van der Waals surface area contributed by atoms with Crippen LogP contribution in [0.25, 0.3) is 0 Å². The third-order valence-electron chi connectivity index (χ3n) is 11.2. The van der Waals surface area contributed by atoms with Gasteiger partial charge in [-0.2, -0.15) is 0 Å². The molecule has 234 valence electrons. The van der Waals surface area contributed by atoms with Gasteiger partial charge in [0.05, 0.1) is 0 Å². The second kappa shape index (κ2) is 10.5. The van der Waals surface area contributed by atoms with E-state index >= 15 is 8.78 Å². The molecule has 2 saturated carbocycles. The van der Waals surface area contributed by atoms with Gasteiger partial charge in [-0.05, 0) is 72.3 Å². The third-order valence-corrected chi connectivity index (χ3v) is 12.4. The summed E-state index contributed by atoms with van der Waals surface area (Å²) >= 11 is 1.38. The van der Waals surface area contributed by atoms with E-state index in [1.54, 1.807) is 23.0 Å². The number of pyridine rings is 1. The lowest BCUT2D eigenvalue weighted by molar-refractivity contribution is -0.0218. The van der Waals surface area contributed by atoms with E-state index in [4.69, 9.17) is 4.74 Å². The summed E-state index contributed by atoms with van der Waals surface area (Å²) in [5.41, 5.74) is 2.63. The first-order valence-corrected chi connectivity index (χ1v) is 17.1. The lowest BCUT2D eigenvalue weighted by atomic mass is 9.67. The van der Waals surface area contributed by atoms with Gasteiger partial charge >= 0.3 is 0 Å². The number of nitrogens with zero attached hydrogens (tertiary/aromatic N) is 3. The van der Waals surface area contributed by atoms with E-state index in [9.17, 15) is 9.59 Å². The van der Waals surface area contributed by atoms with Gasteiger partial charge in [0, 0.05) is 40.9 Å². The molecule has 2 aliphatic carbocycles. The molecule has 4 aromatic rings. The number of halogens is 2. The summed E-state index contributed by atoms with van der Waals surface area (Å²) in [5.74, 6) is 0.174. The fourth-order valence-electron chi connectivity index (χ4n) is 9.30. The van der Waals surface area contributed by atoms with Crippen LogP contribution in [-0.2, 0) is 12.4 Å². The quantitative estimate of drug-likeness (QED) is 0.241. The number of hydrogen-bond acceptors (Lipinski definition) is 5. The number of carbonyl (C=O) groups excluding carboxylic acids is 1. The molecule has 6 nitrogen and oxygen atoms in total. The molecule has 9 rings (SSSR count). The fraction of sp³-hybridized carbons (Fsp3) is 0.351. The van der Waals surface area contributed by atoms with E-state index in [0.717, 1.165) is 36.8 Å². The number of carbonyl (C=O) groups is 1. The van der Waals surface area contributed by atoms with Gasteiger partial charge in [0.2, 0.25) is 5.43 Å². The van der Waals surface area contributed by atoms with Gasteiger partial charge in [0.15, 0.2) is 11.4 Å². The Hall–Kier alpha value is -4.11. The molecule has 1 saturated heterocycles. The number of rotatable bonds is 4. The van der Waals surface area contributed by atoms with Crippen molar-refractivity contribution < 1.29 is 18.3 Å².